The van der Waals surface area contributed by atoms with Gasteiger partial charge in [-0.25, -0.2) is 8.42 Å². The molecule has 41 heavy (non-hydrogen) atoms. The summed E-state index contributed by atoms with van der Waals surface area (Å²) in [4.78, 5) is 29.4. The van der Waals surface area contributed by atoms with Crippen molar-refractivity contribution >= 4 is 62.3 Å². The molecule has 7 nitrogen and oxygen atoms in total. The monoisotopic (exact) mass is 635 g/mol. The Morgan fingerprint density at radius 1 is 0.878 bits per heavy atom. The smallest absolute Gasteiger partial charge is 0.244 e. The summed E-state index contributed by atoms with van der Waals surface area (Å²) in [7, 11) is -3.93. The highest BCUT2D eigenvalue weighted by Gasteiger charge is 2.34. The first kappa shape index (κ1) is 31.2. The lowest BCUT2D eigenvalue weighted by atomic mass is 10.0. The van der Waals surface area contributed by atoms with E-state index < -0.39 is 28.5 Å². The Hall–Kier alpha value is -2.78. The normalized spacial score (nSPS) is 14.4. The van der Waals surface area contributed by atoms with Crippen molar-refractivity contribution in [3.8, 4) is 0 Å². The number of benzene rings is 3. The topological polar surface area (TPSA) is 86.8 Å². The number of carbonyl (C=O) groups is 2. The SMILES string of the molecule is CS(=O)(=O)N(CC(=O)N(Cc1ccc(Cl)cc1)[C@@H](Cc1ccccc1)C(=O)NC1CCCC1)c1cc(Cl)cc(Cl)c1. The Balaban J connectivity index is 1.73. The zero-order chi connectivity index (χ0) is 29.6. The summed E-state index contributed by atoms with van der Waals surface area (Å²) >= 11 is 18.4. The van der Waals surface area contributed by atoms with E-state index in [4.69, 9.17) is 34.8 Å². The van der Waals surface area contributed by atoms with Gasteiger partial charge in [-0.3, -0.25) is 13.9 Å². The minimum Gasteiger partial charge on any atom is -0.352 e. The lowest BCUT2D eigenvalue weighted by Crippen LogP contribution is -2.54. The van der Waals surface area contributed by atoms with Gasteiger partial charge in [-0.2, -0.15) is 0 Å². The predicted molar refractivity (Wildman–Crippen MR) is 165 cm³/mol. The summed E-state index contributed by atoms with van der Waals surface area (Å²) in [5.41, 5.74) is 1.76. The van der Waals surface area contributed by atoms with Crippen LogP contribution in [0.4, 0.5) is 5.69 Å². The van der Waals surface area contributed by atoms with Crippen LogP contribution in [0.2, 0.25) is 15.1 Å². The molecule has 1 saturated carbocycles. The molecule has 0 radical (unpaired) electrons. The van der Waals surface area contributed by atoms with Gasteiger partial charge in [0.2, 0.25) is 21.8 Å². The Labute approximate surface area is 256 Å². The highest BCUT2D eigenvalue weighted by molar-refractivity contribution is 7.92. The number of nitrogens with one attached hydrogen (secondary N) is 1. The zero-order valence-corrected chi connectivity index (χ0v) is 25.7. The molecule has 11 heteroatoms. The van der Waals surface area contributed by atoms with Gasteiger partial charge in [-0.05, 0) is 54.3 Å². The number of hydrogen-bond donors (Lipinski definition) is 1. The lowest BCUT2D eigenvalue weighted by Gasteiger charge is -2.34. The maximum atomic E-state index is 14.1. The average Bonchev–Trinajstić information content (AvgIpc) is 3.42. The summed E-state index contributed by atoms with van der Waals surface area (Å²) in [6.07, 6.45) is 5.09. The molecule has 0 spiro atoms. The fourth-order valence-electron chi connectivity index (χ4n) is 5.00. The van der Waals surface area contributed by atoms with Gasteiger partial charge in [0.05, 0.1) is 11.9 Å². The van der Waals surface area contributed by atoms with Crippen LogP contribution in [0, 0.1) is 0 Å². The number of anilines is 1. The maximum absolute atomic E-state index is 14.1. The van der Waals surface area contributed by atoms with Crippen LogP contribution in [0.3, 0.4) is 0 Å². The quantitative estimate of drug-likeness (QED) is 0.275. The van der Waals surface area contributed by atoms with Crippen molar-refractivity contribution in [1.29, 1.82) is 0 Å². The highest BCUT2D eigenvalue weighted by Crippen LogP contribution is 2.28. The predicted octanol–water partition coefficient (Wildman–Crippen LogP) is 6.11. The number of amides is 2. The van der Waals surface area contributed by atoms with Crippen LogP contribution < -0.4 is 9.62 Å². The van der Waals surface area contributed by atoms with Crippen LogP contribution in [0.15, 0.2) is 72.8 Å². The number of carbonyl (C=O) groups excluding carboxylic acids is 2. The second kappa shape index (κ2) is 13.9. The van der Waals surface area contributed by atoms with Crippen molar-refractivity contribution in [2.75, 3.05) is 17.1 Å². The molecule has 1 aliphatic carbocycles. The van der Waals surface area contributed by atoms with Crippen LogP contribution in [0.1, 0.15) is 36.8 Å². The molecule has 0 aliphatic heterocycles. The summed E-state index contributed by atoms with van der Waals surface area (Å²) in [5.74, 6) is -0.830. The van der Waals surface area contributed by atoms with Crippen molar-refractivity contribution in [2.45, 2.75) is 50.7 Å². The summed E-state index contributed by atoms with van der Waals surface area (Å²) < 4.78 is 26.8. The van der Waals surface area contributed by atoms with E-state index in [1.807, 2.05) is 30.3 Å². The second-order valence-corrected chi connectivity index (χ2v) is 13.5. The molecule has 0 heterocycles. The molecule has 218 valence electrons. The highest BCUT2D eigenvalue weighted by atomic mass is 35.5. The van der Waals surface area contributed by atoms with Crippen molar-refractivity contribution < 1.29 is 18.0 Å². The van der Waals surface area contributed by atoms with Crippen LogP contribution >= 0.6 is 34.8 Å². The van der Waals surface area contributed by atoms with Gasteiger partial charge < -0.3 is 10.2 Å². The van der Waals surface area contributed by atoms with Gasteiger partial charge in [0, 0.05) is 34.1 Å². The van der Waals surface area contributed by atoms with Gasteiger partial charge >= 0.3 is 0 Å². The minimum absolute atomic E-state index is 0.0365. The molecule has 0 bridgehead atoms. The van der Waals surface area contributed by atoms with Crippen LogP contribution in [-0.4, -0.2) is 50.0 Å². The second-order valence-electron chi connectivity index (χ2n) is 10.2. The van der Waals surface area contributed by atoms with E-state index in [0.29, 0.717) is 5.02 Å². The first-order valence-electron chi connectivity index (χ1n) is 13.3. The van der Waals surface area contributed by atoms with Gasteiger partial charge in [-0.15, -0.1) is 0 Å². The van der Waals surface area contributed by atoms with Gasteiger partial charge in [-0.1, -0.05) is 90.1 Å². The fraction of sp³-hybridized carbons (Fsp3) is 0.333. The molecular weight excluding hydrogens is 605 g/mol. The third-order valence-electron chi connectivity index (χ3n) is 7.05. The van der Waals surface area contributed by atoms with Crippen LogP contribution in [0.5, 0.6) is 0 Å². The minimum atomic E-state index is -3.93. The van der Waals surface area contributed by atoms with Crippen molar-refractivity contribution in [3.05, 3.63) is 99.0 Å². The fourth-order valence-corrected chi connectivity index (χ4v) is 6.48. The van der Waals surface area contributed by atoms with E-state index in [0.717, 1.165) is 47.4 Å². The van der Waals surface area contributed by atoms with E-state index >= 15 is 0 Å². The molecule has 0 saturated heterocycles. The van der Waals surface area contributed by atoms with Gasteiger partial charge in [0.25, 0.3) is 0 Å². The molecule has 1 aliphatic rings. The number of hydrogen-bond acceptors (Lipinski definition) is 4. The Morgan fingerprint density at radius 3 is 2.07 bits per heavy atom. The number of nitrogens with zero attached hydrogens (tertiary/aromatic N) is 2. The van der Waals surface area contributed by atoms with E-state index in [-0.39, 0.29) is 40.6 Å². The van der Waals surface area contributed by atoms with E-state index in [1.165, 1.54) is 23.1 Å². The molecule has 2 amide bonds. The van der Waals surface area contributed by atoms with Crippen LogP contribution in [0.25, 0.3) is 0 Å². The molecular formula is C30H32Cl3N3O4S. The number of rotatable bonds is 11. The molecule has 1 fully saturated rings. The first-order valence-corrected chi connectivity index (χ1v) is 16.3. The largest absolute Gasteiger partial charge is 0.352 e. The molecule has 0 unspecified atom stereocenters. The first-order chi connectivity index (χ1) is 19.5. The average molecular weight is 637 g/mol. The number of halogens is 3. The summed E-state index contributed by atoms with van der Waals surface area (Å²) in [5, 5.41) is 4.13. The lowest BCUT2D eigenvalue weighted by molar-refractivity contribution is -0.140. The Kier molecular flexibility index (Phi) is 10.6. The van der Waals surface area contributed by atoms with Crippen molar-refractivity contribution in [1.82, 2.24) is 10.2 Å². The molecule has 3 aromatic carbocycles. The van der Waals surface area contributed by atoms with Crippen LogP contribution in [-0.2, 0) is 32.6 Å². The third kappa shape index (κ3) is 8.85. The van der Waals surface area contributed by atoms with E-state index in [2.05, 4.69) is 5.32 Å². The summed E-state index contributed by atoms with van der Waals surface area (Å²) in [6.45, 7) is -0.482. The standard InChI is InChI=1S/C30H32Cl3N3O4S/c1-41(39,40)36(27-17-24(32)16-25(33)18-27)20-29(37)35(19-22-11-13-23(31)14-12-22)28(15-21-7-3-2-4-8-21)30(38)34-26-9-5-6-10-26/h2-4,7-8,11-14,16-18,26,28H,5-6,9-10,15,19-20H2,1H3,(H,34,38)/t28-/m0/s1. The molecule has 3 aromatic rings. The molecule has 0 aromatic heterocycles. The summed E-state index contributed by atoms with van der Waals surface area (Å²) in [6, 6.07) is 19.9. The molecule has 1 atom stereocenters. The van der Waals surface area contributed by atoms with Gasteiger partial charge in [0.1, 0.15) is 12.6 Å². The van der Waals surface area contributed by atoms with E-state index in [1.54, 1.807) is 24.3 Å². The third-order valence-corrected chi connectivity index (χ3v) is 8.88. The molecule has 1 N–H and O–H groups in total. The zero-order valence-electron chi connectivity index (χ0n) is 22.6. The maximum Gasteiger partial charge on any atom is 0.244 e. The molecule has 4 rings (SSSR count). The Morgan fingerprint density at radius 2 is 1.49 bits per heavy atom. The van der Waals surface area contributed by atoms with E-state index in [9.17, 15) is 18.0 Å². The number of sulfonamides is 1. The van der Waals surface area contributed by atoms with Gasteiger partial charge in [0.15, 0.2) is 0 Å². The van der Waals surface area contributed by atoms with Crippen molar-refractivity contribution in [2.24, 2.45) is 0 Å². The van der Waals surface area contributed by atoms with Crippen molar-refractivity contribution in [3.63, 3.8) is 0 Å². The Bertz CT molecular complexity index is 1440.